The van der Waals surface area contributed by atoms with Gasteiger partial charge in [0.25, 0.3) is 0 Å². The lowest BCUT2D eigenvalue weighted by Gasteiger charge is -2.28. The predicted molar refractivity (Wildman–Crippen MR) is 122 cm³/mol. The third kappa shape index (κ3) is 7.19. The largest absolute Gasteiger partial charge is 0.507 e. The fourth-order valence-corrected chi connectivity index (χ4v) is 4.49. The van der Waals surface area contributed by atoms with Crippen LogP contribution in [0.2, 0.25) is 0 Å². The van der Waals surface area contributed by atoms with Gasteiger partial charge in [0.2, 0.25) is 0 Å². The summed E-state index contributed by atoms with van der Waals surface area (Å²) in [6.07, 6.45) is 6.08. The van der Waals surface area contributed by atoms with E-state index in [-0.39, 0.29) is 27.2 Å². The van der Waals surface area contributed by atoms with E-state index in [1.807, 2.05) is 47.6 Å². The summed E-state index contributed by atoms with van der Waals surface area (Å²) in [5, 5.41) is 20.3. The maximum atomic E-state index is 12.7. The van der Waals surface area contributed by atoms with Crippen molar-refractivity contribution in [3.63, 3.8) is 0 Å². The van der Waals surface area contributed by atoms with Crippen LogP contribution < -0.4 is 0 Å². The van der Waals surface area contributed by atoms with Crippen LogP contribution in [0.25, 0.3) is 6.08 Å². The highest BCUT2D eigenvalue weighted by Gasteiger charge is 2.27. The quantitative estimate of drug-likeness (QED) is 0.400. The Balaban J connectivity index is 3.37. The van der Waals surface area contributed by atoms with Crippen molar-refractivity contribution in [2.24, 2.45) is 0 Å². The van der Waals surface area contributed by atoms with Crippen molar-refractivity contribution in [1.29, 1.82) is 5.26 Å². The van der Waals surface area contributed by atoms with Crippen LogP contribution in [0.1, 0.15) is 97.3 Å². The van der Waals surface area contributed by atoms with Gasteiger partial charge >= 0.3 is 0 Å². The summed E-state index contributed by atoms with van der Waals surface area (Å²) in [6, 6.07) is 5.47. The number of nitrogens with zero attached hydrogens (tertiary/aromatic N) is 1. The SMILES string of the molecule is CCCCCCCS(=O)(=O)C(C#N)=Cc1cc(C(C)(C)C)c(O)c(C(C)(C)C)c1. The van der Waals surface area contributed by atoms with Crippen molar-refractivity contribution in [3.05, 3.63) is 33.7 Å². The van der Waals surface area contributed by atoms with Crippen molar-refractivity contribution in [2.45, 2.75) is 91.4 Å². The molecule has 0 unspecified atom stereocenters. The molecular weight excluding hydrogens is 382 g/mol. The van der Waals surface area contributed by atoms with Gasteiger partial charge in [0.15, 0.2) is 9.84 Å². The van der Waals surface area contributed by atoms with Crippen LogP contribution in [-0.2, 0) is 20.7 Å². The van der Waals surface area contributed by atoms with Gasteiger partial charge in [-0.25, -0.2) is 8.42 Å². The summed E-state index contributed by atoms with van der Waals surface area (Å²) in [5.41, 5.74) is 1.47. The lowest BCUT2D eigenvalue weighted by molar-refractivity contribution is 0.423. The molecule has 1 aromatic carbocycles. The summed E-state index contributed by atoms with van der Waals surface area (Å²) in [5.74, 6) is 0.228. The van der Waals surface area contributed by atoms with Crippen molar-refractivity contribution in [2.75, 3.05) is 5.75 Å². The van der Waals surface area contributed by atoms with Gasteiger partial charge in [-0.05, 0) is 41.0 Å². The van der Waals surface area contributed by atoms with Crippen molar-refractivity contribution >= 4 is 15.9 Å². The highest BCUT2D eigenvalue weighted by atomic mass is 32.2. The van der Waals surface area contributed by atoms with Crippen molar-refractivity contribution in [1.82, 2.24) is 0 Å². The van der Waals surface area contributed by atoms with Gasteiger partial charge < -0.3 is 5.11 Å². The van der Waals surface area contributed by atoms with Crippen LogP contribution in [0, 0.1) is 11.3 Å². The lowest BCUT2D eigenvalue weighted by Crippen LogP contribution is -2.17. The molecule has 0 heterocycles. The molecule has 0 bridgehead atoms. The van der Waals surface area contributed by atoms with Crippen LogP contribution in [0.15, 0.2) is 17.0 Å². The Hall–Kier alpha value is -1.80. The average Bonchev–Trinajstić information content (AvgIpc) is 2.58. The molecule has 0 aliphatic rings. The van der Waals surface area contributed by atoms with Crippen LogP contribution in [0.5, 0.6) is 5.75 Å². The minimum atomic E-state index is -3.63. The molecule has 29 heavy (non-hydrogen) atoms. The lowest BCUT2D eigenvalue weighted by atomic mass is 9.78. The van der Waals surface area contributed by atoms with Gasteiger partial charge in [0.1, 0.15) is 16.7 Å². The molecule has 1 rings (SSSR count). The van der Waals surface area contributed by atoms with Crippen LogP contribution in [0.3, 0.4) is 0 Å². The van der Waals surface area contributed by atoms with Crippen LogP contribution in [0.4, 0.5) is 0 Å². The molecule has 0 aromatic heterocycles. The highest BCUT2D eigenvalue weighted by Crippen LogP contribution is 2.40. The minimum Gasteiger partial charge on any atom is -0.507 e. The zero-order valence-corrected chi connectivity index (χ0v) is 19.9. The second-order valence-corrected chi connectivity index (χ2v) is 11.9. The Morgan fingerprint density at radius 2 is 1.48 bits per heavy atom. The van der Waals surface area contributed by atoms with E-state index in [2.05, 4.69) is 6.92 Å². The minimum absolute atomic E-state index is 0.00749. The van der Waals surface area contributed by atoms with E-state index < -0.39 is 9.84 Å². The summed E-state index contributed by atoms with van der Waals surface area (Å²) >= 11 is 0. The van der Waals surface area contributed by atoms with Gasteiger partial charge in [0, 0.05) is 11.1 Å². The molecule has 0 atom stereocenters. The number of hydrogen-bond acceptors (Lipinski definition) is 4. The Bertz CT molecular complexity index is 841. The Morgan fingerprint density at radius 3 is 1.90 bits per heavy atom. The second kappa shape index (κ2) is 9.80. The smallest absolute Gasteiger partial charge is 0.188 e. The topological polar surface area (TPSA) is 78.2 Å². The standard InChI is InChI=1S/C24H37NO3S/c1-8-9-10-11-12-13-29(27,28)19(17-25)14-18-15-20(23(2,3)4)22(26)21(16-18)24(5,6)7/h14-16,26H,8-13H2,1-7H3. The van der Waals surface area contributed by atoms with Crippen LogP contribution >= 0.6 is 0 Å². The zero-order valence-electron chi connectivity index (χ0n) is 19.1. The summed E-state index contributed by atoms with van der Waals surface area (Å²) < 4.78 is 25.4. The van der Waals surface area contributed by atoms with E-state index in [9.17, 15) is 18.8 Å². The number of benzene rings is 1. The number of sulfone groups is 1. The number of allylic oxidation sites excluding steroid dienone is 1. The molecule has 0 aliphatic heterocycles. The number of hydrogen-bond donors (Lipinski definition) is 1. The maximum Gasteiger partial charge on any atom is 0.188 e. The number of unbranched alkanes of at least 4 members (excludes halogenated alkanes) is 4. The summed E-state index contributed by atoms with van der Waals surface area (Å²) in [4.78, 5) is -0.210. The van der Waals surface area contributed by atoms with Crippen molar-refractivity contribution < 1.29 is 13.5 Å². The van der Waals surface area contributed by atoms with E-state index in [1.54, 1.807) is 12.1 Å². The highest BCUT2D eigenvalue weighted by molar-refractivity contribution is 7.95. The monoisotopic (exact) mass is 419 g/mol. The van der Waals surface area contributed by atoms with E-state index >= 15 is 0 Å². The molecule has 5 heteroatoms. The molecule has 162 valence electrons. The van der Waals surface area contributed by atoms with Gasteiger partial charge in [-0.15, -0.1) is 0 Å². The normalized spacial score (nSPS) is 13.4. The Labute approximate surface area is 177 Å². The third-order valence-electron chi connectivity index (χ3n) is 5.01. The van der Waals surface area contributed by atoms with E-state index in [0.29, 0.717) is 12.0 Å². The van der Waals surface area contributed by atoms with Crippen LogP contribution in [-0.4, -0.2) is 19.3 Å². The fourth-order valence-electron chi connectivity index (χ4n) is 3.23. The van der Waals surface area contributed by atoms with E-state index in [4.69, 9.17) is 0 Å². The molecule has 0 saturated heterocycles. The maximum absolute atomic E-state index is 12.7. The molecule has 0 aliphatic carbocycles. The molecule has 0 spiro atoms. The molecule has 4 nitrogen and oxygen atoms in total. The summed E-state index contributed by atoms with van der Waals surface area (Å²) in [6.45, 7) is 14.1. The fraction of sp³-hybridized carbons (Fsp3) is 0.625. The van der Waals surface area contributed by atoms with Gasteiger partial charge in [-0.2, -0.15) is 5.26 Å². The van der Waals surface area contributed by atoms with Gasteiger partial charge in [-0.1, -0.05) is 74.1 Å². The third-order valence-corrected chi connectivity index (χ3v) is 6.71. The van der Waals surface area contributed by atoms with E-state index in [1.165, 1.54) is 6.08 Å². The molecule has 0 radical (unpaired) electrons. The first-order valence-electron chi connectivity index (χ1n) is 10.5. The molecule has 0 saturated carbocycles. The first kappa shape index (κ1) is 25.2. The number of rotatable bonds is 8. The van der Waals surface area contributed by atoms with Gasteiger partial charge in [-0.3, -0.25) is 0 Å². The molecule has 1 aromatic rings. The predicted octanol–water partition coefficient (Wildman–Crippen LogP) is 6.24. The van der Waals surface area contributed by atoms with E-state index in [0.717, 1.165) is 36.8 Å². The summed E-state index contributed by atoms with van der Waals surface area (Å²) in [7, 11) is -3.63. The number of nitriles is 1. The van der Waals surface area contributed by atoms with Gasteiger partial charge in [0.05, 0.1) is 5.75 Å². The average molecular weight is 420 g/mol. The first-order chi connectivity index (χ1) is 13.2. The molecule has 0 amide bonds. The number of phenolic OH excluding ortho intramolecular Hbond substituents is 1. The molecule has 0 fully saturated rings. The molecular formula is C24H37NO3S. The Morgan fingerprint density at radius 1 is 1.00 bits per heavy atom. The molecule has 1 N–H and O–H groups in total. The second-order valence-electron chi connectivity index (χ2n) is 9.82. The zero-order chi connectivity index (χ0) is 22.5. The Kier molecular flexibility index (Phi) is 8.53. The first-order valence-corrected chi connectivity index (χ1v) is 12.1. The number of phenols is 1. The van der Waals surface area contributed by atoms with Crippen molar-refractivity contribution in [3.8, 4) is 11.8 Å². The number of aromatic hydroxyl groups is 1.